The van der Waals surface area contributed by atoms with Crippen LogP contribution in [0.1, 0.15) is 94.9 Å². The van der Waals surface area contributed by atoms with E-state index < -0.39 is 60.3 Å². The number of aliphatic hydroxyl groups is 1. The highest BCUT2D eigenvalue weighted by molar-refractivity contribution is 5.92. The number of amides is 4. The van der Waals surface area contributed by atoms with Gasteiger partial charge in [-0.15, -0.1) is 0 Å². The number of ether oxygens (including phenoxy) is 2. The maximum absolute atomic E-state index is 14.2. The SMILES string of the molecule is CC[C@H](C)[C@@H]([C@@H](CC(=O)N1CCC[C@H]1C(OC)[C@@H](C)C(=O)NC(C(=O)C(C)C)C(C)O)OC)N(C)C(=O)[C@@H](NC(=O)[C@H](C(C)C)N(C)C)C(C)C. The molecule has 3 unspecified atom stereocenters. The zero-order valence-corrected chi connectivity index (χ0v) is 34.2. The van der Waals surface area contributed by atoms with Gasteiger partial charge in [0.1, 0.15) is 12.1 Å². The van der Waals surface area contributed by atoms with Gasteiger partial charge in [-0.1, -0.05) is 68.7 Å². The molecule has 10 atom stereocenters. The lowest BCUT2D eigenvalue weighted by molar-refractivity contribution is -0.148. The lowest BCUT2D eigenvalue weighted by Crippen LogP contribution is -2.59. The fourth-order valence-corrected chi connectivity index (χ4v) is 7.48. The highest BCUT2D eigenvalue weighted by Gasteiger charge is 2.43. The Morgan fingerprint density at radius 1 is 0.843 bits per heavy atom. The van der Waals surface area contributed by atoms with Crippen molar-refractivity contribution in [3.05, 3.63) is 0 Å². The molecule has 3 N–H and O–H groups in total. The molecule has 0 radical (unpaired) electrons. The average molecular weight is 726 g/mol. The molecule has 1 aliphatic heterocycles. The van der Waals surface area contributed by atoms with Gasteiger partial charge in [-0.05, 0) is 51.6 Å². The van der Waals surface area contributed by atoms with Gasteiger partial charge in [0.2, 0.25) is 23.6 Å². The summed E-state index contributed by atoms with van der Waals surface area (Å²) in [5, 5.41) is 16.0. The molecular weight excluding hydrogens is 654 g/mol. The van der Waals surface area contributed by atoms with Gasteiger partial charge < -0.3 is 35.0 Å². The Labute approximate surface area is 307 Å². The molecule has 13 heteroatoms. The third-order valence-corrected chi connectivity index (χ3v) is 10.6. The van der Waals surface area contributed by atoms with E-state index in [1.807, 2.05) is 60.5 Å². The summed E-state index contributed by atoms with van der Waals surface area (Å²) in [7, 11) is 8.46. The van der Waals surface area contributed by atoms with E-state index in [9.17, 15) is 29.1 Å². The van der Waals surface area contributed by atoms with Crippen LogP contribution in [-0.4, -0.2) is 140 Å². The standard InChI is InChI=1S/C38H71N5O8/c1-16-24(8)33(42(13)38(49)30(21(2)3)39-37(48)32(22(4)5)41(11)12)28(50-14)20-29(45)43-19-17-18-27(43)35(51-15)25(9)36(47)40-31(26(10)44)34(46)23(6)7/h21-28,30-33,35,44H,16-20H2,1-15H3,(H,39,48)(H,40,47)/t24-,25+,26?,27-,28+,30-,31?,32-,33-,35?/m0/s1. The average Bonchev–Trinajstić information content (AvgIpc) is 3.53. The number of methoxy groups -OCH3 is 2. The molecule has 296 valence electrons. The molecule has 1 heterocycles. The molecule has 1 saturated heterocycles. The summed E-state index contributed by atoms with van der Waals surface area (Å²) in [4.78, 5) is 73.0. The first kappa shape index (κ1) is 46.4. The molecule has 13 nitrogen and oxygen atoms in total. The van der Waals surface area contributed by atoms with Crippen molar-refractivity contribution in [1.29, 1.82) is 0 Å². The minimum atomic E-state index is -1.07. The van der Waals surface area contributed by atoms with Crippen LogP contribution < -0.4 is 10.6 Å². The number of hydrogen-bond acceptors (Lipinski definition) is 9. The fourth-order valence-electron chi connectivity index (χ4n) is 7.48. The van der Waals surface area contributed by atoms with Crippen LogP contribution in [0.4, 0.5) is 0 Å². The van der Waals surface area contributed by atoms with Crippen molar-refractivity contribution in [2.75, 3.05) is 41.9 Å². The second kappa shape index (κ2) is 21.2. The van der Waals surface area contributed by atoms with Gasteiger partial charge in [0, 0.05) is 33.7 Å². The van der Waals surface area contributed by atoms with E-state index in [0.29, 0.717) is 13.0 Å². The second-order valence-corrected chi connectivity index (χ2v) is 15.8. The molecule has 1 rings (SSSR count). The van der Waals surface area contributed by atoms with E-state index >= 15 is 0 Å². The Balaban J connectivity index is 3.30. The van der Waals surface area contributed by atoms with Gasteiger partial charge in [-0.25, -0.2) is 0 Å². The second-order valence-electron chi connectivity index (χ2n) is 15.8. The highest BCUT2D eigenvalue weighted by atomic mass is 16.5. The summed E-state index contributed by atoms with van der Waals surface area (Å²) in [6.07, 6.45) is -0.316. The predicted octanol–water partition coefficient (Wildman–Crippen LogP) is 2.72. The van der Waals surface area contributed by atoms with Crippen LogP contribution >= 0.6 is 0 Å². The fraction of sp³-hybridized carbons (Fsp3) is 0.868. The number of ketones is 1. The van der Waals surface area contributed by atoms with Crippen molar-refractivity contribution in [2.45, 2.75) is 143 Å². The Morgan fingerprint density at radius 2 is 1.41 bits per heavy atom. The van der Waals surface area contributed by atoms with E-state index in [-0.39, 0.29) is 53.6 Å². The molecule has 0 aromatic rings. The van der Waals surface area contributed by atoms with Gasteiger partial charge in [0.15, 0.2) is 5.78 Å². The lowest BCUT2D eigenvalue weighted by atomic mass is 9.89. The quantitative estimate of drug-likeness (QED) is 0.162. The van der Waals surface area contributed by atoms with E-state index in [2.05, 4.69) is 10.6 Å². The molecule has 51 heavy (non-hydrogen) atoms. The summed E-state index contributed by atoms with van der Waals surface area (Å²) in [6.45, 7) is 18.9. The first-order chi connectivity index (χ1) is 23.7. The van der Waals surface area contributed by atoms with E-state index in [4.69, 9.17) is 9.47 Å². The van der Waals surface area contributed by atoms with Crippen LogP contribution in [0.3, 0.4) is 0 Å². The Hall–Kier alpha value is -2.61. The van der Waals surface area contributed by atoms with E-state index in [1.54, 1.807) is 44.7 Å². The molecule has 0 aliphatic carbocycles. The zero-order valence-electron chi connectivity index (χ0n) is 34.2. The van der Waals surface area contributed by atoms with Crippen molar-refractivity contribution in [3.63, 3.8) is 0 Å². The molecule has 4 amide bonds. The van der Waals surface area contributed by atoms with Crippen LogP contribution in [0.15, 0.2) is 0 Å². The number of rotatable bonds is 21. The number of hydrogen-bond donors (Lipinski definition) is 3. The summed E-state index contributed by atoms with van der Waals surface area (Å²) in [5.41, 5.74) is 0. The van der Waals surface area contributed by atoms with E-state index in [0.717, 1.165) is 12.8 Å². The maximum atomic E-state index is 14.2. The maximum Gasteiger partial charge on any atom is 0.245 e. The lowest BCUT2D eigenvalue weighted by Gasteiger charge is -2.41. The van der Waals surface area contributed by atoms with Crippen molar-refractivity contribution >= 4 is 29.4 Å². The highest BCUT2D eigenvalue weighted by Crippen LogP contribution is 2.30. The van der Waals surface area contributed by atoms with Crippen LogP contribution in [0.25, 0.3) is 0 Å². The number of nitrogens with one attached hydrogen (secondary N) is 2. The van der Waals surface area contributed by atoms with Gasteiger partial charge in [-0.2, -0.15) is 0 Å². The van der Waals surface area contributed by atoms with Crippen molar-refractivity contribution in [2.24, 2.45) is 29.6 Å². The molecule has 0 saturated carbocycles. The largest absolute Gasteiger partial charge is 0.391 e. The first-order valence-corrected chi connectivity index (χ1v) is 18.8. The number of aliphatic hydroxyl groups excluding tert-OH is 1. The number of carbonyl (C=O) groups excluding carboxylic acids is 5. The molecule has 0 bridgehead atoms. The van der Waals surface area contributed by atoms with Crippen molar-refractivity contribution in [3.8, 4) is 0 Å². The molecule has 0 aromatic carbocycles. The van der Waals surface area contributed by atoms with Crippen LogP contribution in [0.5, 0.6) is 0 Å². The number of likely N-dealkylation sites (N-methyl/N-ethyl adjacent to an activating group) is 2. The number of nitrogens with zero attached hydrogens (tertiary/aromatic N) is 3. The Kier molecular flexibility index (Phi) is 19.3. The van der Waals surface area contributed by atoms with Crippen LogP contribution in [-0.2, 0) is 33.4 Å². The number of Topliss-reactive ketones (excluding diaryl/α,β-unsaturated/α-hetero) is 1. The normalized spacial score (nSPS) is 20.4. The third-order valence-electron chi connectivity index (χ3n) is 10.6. The monoisotopic (exact) mass is 726 g/mol. The first-order valence-electron chi connectivity index (χ1n) is 18.8. The number of likely N-dealkylation sites (tertiary alicyclic amines) is 1. The smallest absolute Gasteiger partial charge is 0.245 e. The minimum Gasteiger partial charge on any atom is -0.391 e. The summed E-state index contributed by atoms with van der Waals surface area (Å²) in [6, 6.07) is -3.10. The Bertz CT molecular complexity index is 1140. The molecule has 0 spiro atoms. The van der Waals surface area contributed by atoms with Gasteiger partial charge in [-0.3, -0.25) is 28.9 Å². The summed E-state index contributed by atoms with van der Waals surface area (Å²) < 4.78 is 11.8. The predicted molar refractivity (Wildman–Crippen MR) is 199 cm³/mol. The van der Waals surface area contributed by atoms with Crippen LogP contribution in [0.2, 0.25) is 0 Å². The van der Waals surface area contributed by atoms with Gasteiger partial charge in [0.05, 0.1) is 48.8 Å². The summed E-state index contributed by atoms with van der Waals surface area (Å²) >= 11 is 0. The molecule has 1 aliphatic rings. The minimum absolute atomic E-state index is 0.00160. The van der Waals surface area contributed by atoms with Crippen molar-refractivity contribution < 1.29 is 38.6 Å². The van der Waals surface area contributed by atoms with Crippen molar-refractivity contribution in [1.82, 2.24) is 25.3 Å². The third kappa shape index (κ3) is 12.2. The topological polar surface area (TPSA) is 158 Å². The molecular formula is C38H71N5O8. The zero-order chi connectivity index (χ0) is 39.5. The summed E-state index contributed by atoms with van der Waals surface area (Å²) in [5.74, 6) is -2.63. The Morgan fingerprint density at radius 3 is 1.84 bits per heavy atom. The molecule has 1 fully saturated rings. The van der Waals surface area contributed by atoms with Gasteiger partial charge >= 0.3 is 0 Å². The van der Waals surface area contributed by atoms with E-state index in [1.165, 1.54) is 14.0 Å². The number of carbonyl (C=O) groups is 5. The van der Waals surface area contributed by atoms with Gasteiger partial charge in [0.25, 0.3) is 0 Å². The van der Waals surface area contributed by atoms with Crippen LogP contribution in [0, 0.1) is 29.6 Å². The molecule has 0 aromatic heterocycles.